The molecule has 154 valence electrons. The number of methoxy groups -OCH3 is 1. The summed E-state index contributed by atoms with van der Waals surface area (Å²) in [7, 11) is 2.69. The van der Waals surface area contributed by atoms with Crippen LogP contribution in [-0.4, -0.2) is 31.6 Å². The van der Waals surface area contributed by atoms with Crippen molar-refractivity contribution in [3.05, 3.63) is 70.3 Å². The quantitative estimate of drug-likeness (QED) is 0.372. The van der Waals surface area contributed by atoms with Crippen molar-refractivity contribution in [1.82, 2.24) is 0 Å². The van der Waals surface area contributed by atoms with Crippen LogP contribution in [0.15, 0.2) is 52.8 Å². The van der Waals surface area contributed by atoms with Gasteiger partial charge in [-0.05, 0) is 30.9 Å². The first kappa shape index (κ1) is 22.1. The number of hydrogen-bond acceptors (Lipinski definition) is 6. The van der Waals surface area contributed by atoms with E-state index in [0.29, 0.717) is 11.5 Å². The molecule has 0 aromatic heterocycles. The van der Waals surface area contributed by atoms with Crippen molar-refractivity contribution in [2.75, 3.05) is 14.2 Å². The van der Waals surface area contributed by atoms with Gasteiger partial charge in [0.1, 0.15) is 13.7 Å². The molecule has 0 heterocycles. The molecule has 2 aromatic rings. The maximum atomic E-state index is 12.1. The normalized spacial score (nSPS) is 12.1. The lowest BCUT2D eigenvalue weighted by molar-refractivity contribution is -0.132. The van der Waals surface area contributed by atoms with Gasteiger partial charge in [-0.3, -0.25) is 0 Å². The van der Waals surface area contributed by atoms with E-state index in [4.69, 9.17) is 14.4 Å². The molecule has 2 rings (SSSR count). The maximum Gasteiger partial charge on any atom is 0.360 e. The predicted molar refractivity (Wildman–Crippen MR) is 114 cm³/mol. The van der Waals surface area contributed by atoms with Crippen LogP contribution < -0.4 is 0 Å². The van der Waals surface area contributed by atoms with Crippen molar-refractivity contribution in [3.63, 3.8) is 0 Å². The van der Waals surface area contributed by atoms with Crippen LogP contribution in [0.5, 0.6) is 0 Å². The van der Waals surface area contributed by atoms with E-state index in [1.54, 1.807) is 6.07 Å². The summed E-state index contributed by atoms with van der Waals surface area (Å²) in [5.41, 5.74) is 5.49. The maximum absolute atomic E-state index is 12.1. The summed E-state index contributed by atoms with van der Waals surface area (Å²) in [6, 6.07) is 13.7. The van der Waals surface area contributed by atoms with E-state index < -0.39 is 5.97 Å². The number of carbonyl (C=O) groups is 1. The van der Waals surface area contributed by atoms with Gasteiger partial charge >= 0.3 is 5.97 Å². The van der Waals surface area contributed by atoms with E-state index in [1.807, 2.05) is 44.2 Å². The van der Waals surface area contributed by atoms with Crippen LogP contribution in [0.3, 0.4) is 0 Å². The Kier molecular flexibility index (Phi) is 7.95. The van der Waals surface area contributed by atoms with Gasteiger partial charge in [0.25, 0.3) is 0 Å². The Hall–Kier alpha value is -3.15. The molecule has 0 fully saturated rings. The molecule has 29 heavy (non-hydrogen) atoms. The highest BCUT2D eigenvalue weighted by atomic mass is 16.6. The van der Waals surface area contributed by atoms with Crippen molar-refractivity contribution in [3.8, 4) is 0 Å². The number of esters is 1. The highest BCUT2D eigenvalue weighted by Crippen LogP contribution is 2.21. The highest BCUT2D eigenvalue weighted by Gasteiger charge is 2.20. The van der Waals surface area contributed by atoms with Crippen molar-refractivity contribution >= 4 is 17.4 Å². The molecular weight excluding hydrogens is 368 g/mol. The third-order valence-electron chi connectivity index (χ3n) is 4.61. The molecule has 0 saturated heterocycles. The molecule has 0 aliphatic rings. The fourth-order valence-electron chi connectivity index (χ4n) is 3.07. The summed E-state index contributed by atoms with van der Waals surface area (Å²) in [5.74, 6) is -0.198. The summed E-state index contributed by atoms with van der Waals surface area (Å²) in [6.45, 7) is 8.34. The lowest BCUT2D eigenvalue weighted by Crippen LogP contribution is -2.20. The van der Waals surface area contributed by atoms with Gasteiger partial charge in [-0.15, -0.1) is 0 Å². The summed E-state index contributed by atoms with van der Waals surface area (Å²) >= 11 is 0. The third-order valence-corrected chi connectivity index (χ3v) is 4.61. The van der Waals surface area contributed by atoms with Crippen LogP contribution in [0.25, 0.3) is 0 Å². The average Bonchev–Trinajstić information content (AvgIpc) is 2.72. The Bertz CT molecular complexity index is 917. The number of benzene rings is 2. The molecule has 0 bridgehead atoms. The van der Waals surface area contributed by atoms with E-state index >= 15 is 0 Å². The monoisotopic (exact) mass is 396 g/mol. The van der Waals surface area contributed by atoms with Crippen LogP contribution >= 0.6 is 0 Å². The fraction of sp³-hybridized carbons (Fsp3) is 0.348. The number of rotatable bonds is 8. The Labute approximate surface area is 172 Å². The Morgan fingerprint density at radius 2 is 1.69 bits per heavy atom. The molecule has 0 aliphatic heterocycles. The molecule has 0 radical (unpaired) electrons. The summed E-state index contributed by atoms with van der Waals surface area (Å²) in [4.78, 5) is 22.6. The zero-order valence-corrected chi connectivity index (χ0v) is 17.9. The van der Waals surface area contributed by atoms with Gasteiger partial charge in [-0.25, -0.2) is 4.79 Å². The van der Waals surface area contributed by atoms with E-state index in [1.165, 1.54) is 19.8 Å². The molecule has 0 amide bonds. The van der Waals surface area contributed by atoms with Crippen molar-refractivity contribution in [2.45, 2.75) is 40.2 Å². The van der Waals surface area contributed by atoms with Gasteiger partial charge in [-0.1, -0.05) is 66.6 Å². The van der Waals surface area contributed by atoms with E-state index in [9.17, 15) is 4.79 Å². The molecule has 0 atom stereocenters. The van der Waals surface area contributed by atoms with Gasteiger partial charge < -0.3 is 14.4 Å². The average molecular weight is 396 g/mol. The fourth-order valence-corrected chi connectivity index (χ4v) is 3.07. The second kappa shape index (κ2) is 10.4. The van der Waals surface area contributed by atoms with E-state index in [2.05, 4.69) is 30.2 Å². The molecule has 0 aliphatic carbocycles. The van der Waals surface area contributed by atoms with Crippen molar-refractivity contribution < 1.29 is 19.2 Å². The van der Waals surface area contributed by atoms with Gasteiger partial charge in [0, 0.05) is 16.7 Å². The number of hydrogen-bond donors (Lipinski definition) is 0. The molecule has 0 spiro atoms. The van der Waals surface area contributed by atoms with Crippen LogP contribution in [0.2, 0.25) is 0 Å². The minimum Gasteiger partial charge on any atom is -0.464 e. The van der Waals surface area contributed by atoms with Crippen LogP contribution in [-0.2, 0) is 25.8 Å². The second-order valence-corrected chi connectivity index (χ2v) is 6.91. The summed E-state index contributed by atoms with van der Waals surface area (Å²) in [6.07, 6.45) is 0. The number of nitrogens with zero attached hydrogens (tertiary/aromatic N) is 2. The van der Waals surface area contributed by atoms with E-state index in [0.717, 1.165) is 22.4 Å². The minimum absolute atomic E-state index is 0.0863. The molecule has 0 unspecified atom stereocenters. The van der Waals surface area contributed by atoms with Crippen LogP contribution in [0.4, 0.5) is 0 Å². The molecule has 2 aromatic carbocycles. The summed E-state index contributed by atoms with van der Waals surface area (Å²) in [5, 5.41) is 8.15. The van der Waals surface area contributed by atoms with Gasteiger partial charge in [0.2, 0.25) is 0 Å². The second-order valence-electron chi connectivity index (χ2n) is 6.91. The van der Waals surface area contributed by atoms with Gasteiger partial charge in [0.05, 0.1) is 12.8 Å². The Morgan fingerprint density at radius 1 is 1.00 bits per heavy atom. The van der Waals surface area contributed by atoms with Crippen LogP contribution in [0.1, 0.15) is 54.5 Å². The first-order valence-corrected chi connectivity index (χ1v) is 9.44. The zero-order valence-electron chi connectivity index (χ0n) is 17.9. The molecule has 0 saturated carbocycles. The summed E-state index contributed by atoms with van der Waals surface area (Å²) < 4.78 is 4.83. The smallest absolute Gasteiger partial charge is 0.360 e. The Morgan fingerprint density at radius 3 is 2.34 bits per heavy atom. The topological polar surface area (TPSA) is 69.5 Å². The Balaban J connectivity index is 2.31. The molecule has 6 nitrogen and oxygen atoms in total. The molecule has 6 heteroatoms. The number of ether oxygens (including phenoxy) is 1. The van der Waals surface area contributed by atoms with Gasteiger partial charge in [0.15, 0.2) is 5.71 Å². The first-order chi connectivity index (χ1) is 13.9. The number of carbonyl (C=O) groups excluding carboxylic acids is 1. The van der Waals surface area contributed by atoms with Crippen molar-refractivity contribution in [2.24, 2.45) is 10.3 Å². The number of aryl methyl sites for hydroxylation is 1. The predicted octanol–water partition coefficient (Wildman–Crippen LogP) is 4.58. The standard InChI is InChI=1S/C23H28N2O4/c1-15(2)18-11-7-8-12-19(18)17(4)24-29-14-21-16(3)10-9-13-20(21)22(25-28-6)23(26)27-5/h7-13,15H,14H2,1-6H3/b24-17+,25-22+. The van der Waals surface area contributed by atoms with Gasteiger partial charge in [-0.2, -0.15) is 0 Å². The first-order valence-electron chi connectivity index (χ1n) is 9.44. The highest BCUT2D eigenvalue weighted by molar-refractivity contribution is 6.43. The third kappa shape index (κ3) is 5.44. The van der Waals surface area contributed by atoms with Crippen LogP contribution in [0, 0.1) is 6.92 Å². The largest absolute Gasteiger partial charge is 0.464 e. The van der Waals surface area contributed by atoms with Crippen molar-refractivity contribution in [1.29, 1.82) is 0 Å². The minimum atomic E-state index is -0.579. The van der Waals surface area contributed by atoms with E-state index in [-0.39, 0.29) is 12.3 Å². The zero-order chi connectivity index (χ0) is 21.4. The lowest BCUT2D eigenvalue weighted by Gasteiger charge is -2.14. The molecule has 0 N–H and O–H groups in total. The molecular formula is C23H28N2O4. The lowest BCUT2D eigenvalue weighted by atomic mass is 9.95. The SMILES string of the molecule is CO/N=C(/C(=O)OC)c1cccc(C)c1CO/N=C(\C)c1ccccc1C(C)C. The number of oxime groups is 2.